The average molecular weight is 281 g/mol. The number of imidazole rings is 1. The standard InChI is InChI=1S/C14H15N7/c1-3-17-13-18-12(11-4-5-15-8-10(11)2)19-14(20-13)21-7-6-16-9-21/h4-9H,3H2,1-2H3,(H,17,18,19,20). The van der Waals surface area contributed by atoms with Crippen molar-refractivity contribution in [3.8, 4) is 17.3 Å². The first kappa shape index (κ1) is 13.2. The Bertz CT molecular complexity index is 737. The van der Waals surface area contributed by atoms with E-state index in [1.807, 2.05) is 19.9 Å². The van der Waals surface area contributed by atoms with Gasteiger partial charge in [0.25, 0.3) is 0 Å². The van der Waals surface area contributed by atoms with Crippen molar-refractivity contribution < 1.29 is 0 Å². The van der Waals surface area contributed by atoms with Crippen LogP contribution in [0.1, 0.15) is 12.5 Å². The Kier molecular flexibility index (Phi) is 3.55. The SMILES string of the molecule is CCNc1nc(-c2ccncc2C)nc(-n2ccnc2)n1. The van der Waals surface area contributed by atoms with Crippen molar-refractivity contribution in [2.45, 2.75) is 13.8 Å². The molecular weight excluding hydrogens is 266 g/mol. The normalized spacial score (nSPS) is 10.6. The van der Waals surface area contributed by atoms with Gasteiger partial charge in [0.15, 0.2) is 5.82 Å². The third-order valence-corrected chi connectivity index (χ3v) is 2.96. The molecular formula is C14H15N7. The van der Waals surface area contributed by atoms with Gasteiger partial charge in [-0.25, -0.2) is 4.98 Å². The minimum Gasteiger partial charge on any atom is -0.354 e. The number of aryl methyl sites for hydroxylation is 1. The van der Waals surface area contributed by atoms with Gasteiger partial charge in [-0.3, -0.25) is 9.55 Å². The van der Waals surface area contributed by atoms with E-state index in [2.05, 4.69) is 30.2 Å². The second-order valence-electron chi connectivity index (χ2n) is 4.47. The minimum absolute atomic E-state index is 0.532. The van der Waals surface area contributed by atoms with Crippen LogP contribution in [0.4, 0.5) is 5.95 Å². The van der Waals surface area contributed by atoms with Crippen molar-refractivity contribution in [1.82, 2.24) is 29.5 Å². The molecule has 7 nitrogen and oxygen atoms in total. The van der Waals surface area contributed by atoms with Crippen molar-refractivity contribution in [1.29, 1.82) is 0 Å². The molecule has 1 N–H and O–H groups in total. The summed E-state index contributed by atoms with van der Waals surface area (Å²) in [5.74, 6) is 1.69. The first-order valence-electron chi connectivity index (χ1n) is 6.67. The van der Waals surface area contributed by atoms with Crippen molar-refractivity contribution in [3.05, 3.63) is 42.7 Å². The van der Waals surface area contributed by atoms with Crippen LogP contribution in [0.5, 0.6) is 0 Å². The monoisotopic (exact) mass is 281 g/mol. The highest BCUT2D eigenvalue weighted by Crippen LogP contribution is 2.20. The first-order valence-corrected chi connectivity index (χ1v) is 6.67. The van der Waals surface area contributed by atoms with Crippen LogP contribution < -0.4 is 5.32 Å². The number of nitrogens with one attached hydrogen (secondary N) is 1. The number of pyridine rings is 1. The van der Waals surface area contributed by atoms with Crippen molar-refractivity contribution in [2.24, 2.45) is 0 Å². The van der Waals surface area contributed by atoms with E-state index in [-0.39, 0.29) is 0 Å². The maximum Gasteiger partial charge on any atom is 0.240 e. The molecule has 3 rings (SSSR count). The van der Waals surface area contributed by atoms with E-state index < -0.39 is 0 Å². The summed E-state index contributed by atoms with van der Waals surface area (Å²) in [7, 11) is 0. The Morgan fingerprint density at radius 1 is 1.14 bits per heavy atom. The molecule has 0 bridgehead atoms. The average Bonchev–Trinajstić information content (AvgIpc) is 3.02. The molecule has 0 spiro atoms. The fraction of sp³-hybridized carbons (Fsp3) is 0.214. The van der Waals surface area contributed by atoms with Gasteiger partial charge in [0.05, 0.1) is 0 Å². The maximum absolute atomic E-state index is 4.52. The molecule has 0 saturated carbocycles. The topological polar surface area (TPSA) is 81.4 Å². The molecule has 0 saturated heterocycles. The van der Waals surface area contributed by atoms with Crippen molar-refractivity contribution >= 4 is 5.95 Å². The summed E-state index contributed by atoms with van der Waals surface area (Å²) in [5.41, 5.74) is 1.95. The second-order valence-corrected chi connectivity index (χ2v) is 4.47. The zero-order chi connectivity index (χ0) is 14.7. The van der Waals surface area contributed by atoms with Crippen LogP contribution in [0.15, 0.2) is 37.2 Å². The summed E-state index contributed by atoms with van der Waals surface area (Å²) < 4.78 is 1.75. The van der Waals surface area contributed by atoms with E-state index in [9.17, 15) is 0 Å². The molecule has 0 aliphatic rings. The number of rotatable bonds is 4. The van der Waals surface area contributed by atoms with E-state index in [1.165, 1.54) is 0 Å². The van der Waals surface area contributed by atoms with Gasteiger partial charge in [0.1, 0.15) is 6.33 Å². The Hall–Kier alpha value is -2.83. The summed E-state index contributed by atoms with van der Waals surface area (Å²) in [4.78, 5) is 21.5. The molecule has 3 aromatic heterocycles. The molecule has 0 aromatic carbocycles. The fourth-order valence-corrected chi connectivity index (χ4v) is 1.94. The number of aromatic nitrogens is 6. The Balaban J connectivity index is 2.14. The molecule has 0 fully saturated rings. The van der Waals surface area contributed by atoms with Crippen LogP contribution >= 0.6 is 0 Å². The Morgan fingerprint density at radius 3 is 2.76 bits per heavy atom. The Labute approximate surface area is 122 Å². The van der Waals surface area contributed by atoms with Gasteiger partial charge in [-0.15, -0.1) is 0 Å². The minimum atomic E-state index is 0.532. The highest BCUT2D eigenvalue weighted by molar-refractivity contribution is 5.60. The molecule has 0 amide bonds. The summed E-state index contributed by atoms with van der Waals surface area (Å²) >= 11 is 0. The number of hydrogen-bond donors (Lipinski definition) is 1. The molecule has 3 heterocycles. The van der Waals surface area contributed by atoms with Gasteiger partial charge in [0, 0.05) is 36.9 Å². The molecule has 21 heavy (non-hydrogen) atoms. The zero-order valence-corrected chi connectivity index (χ0v) is 11.9. The number of anilines is 1. The quantitative estimate of drug-likeness (QED) is 0.786. The molecule has 0 aliphatic carbocycles. The van der Waals surface area contributed by atoms with Gasteiger partial charge in [-0.2, -0.15) is 15.0 Å². The first-order chi connectivity index (χ1) is 10.3. The van der Waals surface area contributed by atoms with Crippen LogP contribution in [0.2, 0.25) is 0 Å². The van der Waals surface area contributed by atoms with E-state index in [0.717, 1.165) is 17.7 Å². The lowest BCUT2D eigenvalue weighted by atomic mass is 10.1. The molecule has 7 heteroatoms. The summed E-state index contributed by atoms with van der Waals surface area (Å²) in [6, 6.07) is 1.90. The van der Waals surface area contributed by atoms with E-state index in [4.69, 9.17) is 0 Å². The largest absolute Gasteiger partial charge is 0.354 e. The smallest absolute Gasteiger partial charge is 0.240 e. The summed E-state index contributed by atoms with van der Waals surface area (Å²) in [6.45, 7) is 4.72. The van der Waals surface area contributed by atoms with E-state index in [0.29, 0.717) is 17.7 Å². The van der Waals surface area contributed by atoms with Gasteiger partial charge in [-0.05, 0) is 25.5 Å². The molecule has 0 radical (unpaired) electrons. The van der Waals surface area contributed by atoms with Crippen LogP contribution in [0, 0.1) is 6.92 Å². The lowest BCUT2D eigenvalue weighted by Gasteiger charge is -2.09. The predicted molar refractivity (Wildman–Crippen MR) is 79.1 cm³/mol. The van der Waals surface area contributed by atoms with Gasteiger partial charge >= 0.3 is 0 Å². The van der Waals surface area contributed by atoms with Crippen LogP contribution in [-0.2, 0) is 0 Å². The highest BCUT2D eigenvalue weighted by Gasteiger charge is 2.11. The van der Waals surface area contributed by atoms with E-state index >= 15 is 0 Å². The van der Waals surface area contributed by atoms with Gasteiger partial charge in [-0.1, -0.05) is 0 Å². The van der Waals surface area contributed by atoms with Gasteiger partial charge in [0.2, 0.25) is 11.9 Å². The maximum atomic E-state index is 4.52. The molecule has 106 valence electrons. The van der Waals surface area contributed by atoms with Gasteiger partial charge < -0.3 is 5.32 Å². The second kappa shape index (κ2) is 5.66. The van der Waals surface area contributed by atoms with Crippen LogP contribution in [-0.4, -0.2) is 36.0 Å². The highest BCUT2D eigenvalue weighted by atomic mass is 15.2. The van der Waals surface area contributed by atoms with Crippen LogP contribution in [0.25, 0.3) is 17.3 Å². The van der Waals surface area contributed by atoms with E-state index in [1.54, 1.807) is 35.7 Å². The lowest BCUT2D eigenvalue weighted by molar-refractivity contribution is 0.895. The molecule has 0 unspecified atom stereocenters. The third-order valence-electron chi connectivity index (χ3n) is 2.96. The fourth-order valence-electron chi connectivity index (χ4n) is 1.94. The van der Waals surface area contributed by atoms with Crippen molar-refractivity contribution in [2.75, 3.05) is 11.9 Å². The Morgan fingerprint density at radius 2 is 2.05 bits per heavy atom. The van der Waals surface area contributed by atoms with Crippen LogP contribution in [0.3, 0.4) is 0 Å². The molecule has 0 aliphatic heterocycles. The van der Waals surface area contributed by atoms with Crippen molar-refractivity contribution in [3.63, 3.8) is 0 Å². The number of hydrogen-bond acceptors (Lipinski definition) is 6. The number of nitrogens with zero attached hydrogens (tertiary/aromatic N) is 6. The summed E-state index contributed by atoms with van der Waals surface area (Å²) in [6.07, 6.45) is 8.68. The molecule has 3 aromatic rings. The summed E-state index contributed by atoms with van der Waals surface area (Å²) in [5, 5.41) is 3.13. The predicted octanol–water partition coefficient (Wildman–Crippen LogP) is 1.86. The molecule has 0 atom stereocenters. The zero-order valence-electron chi connectivity index (χ0n) is 11.9. The third kappa shape index (κ3) is 2.71. The lowest BCUT2D eigenvalue weighted by Crippen LogP contribution is -2.09.